The van der Waals surface area contributed by atoms with Crippen LogP contribution in [-0.4, -0.2) is 24.0 Å². The lowest BCUT2D eigenvalue weighted by Gasteiger charge is -2.15. The molecular formula is C22H21ClN4O2. The summed E-state index contributed by atoms with van der Waals surface area (Å²) in [6.45, 7) is 2.35. The molecule has 1 heterocycles. The molecule has 0 spiro atoms. The van der Waals surface area contributed by atoms with E-state index < -0.39 is 0 Å². The van der Waals surface area contributed by atoms with Gasteiger partial charge in [0.15, 0.2) is 0 Å². The molecule has 3 rings (SSSR count). The Labute approximate surface area is 174 Å². The van der Waals surface area contributed by atoms with Crippen molar-refractivity contribution in [3.05, 3.63) is 88.7 Å². The van der Waals surface area contributed by atoms with E-state index in [2.05, 4.69) is 20.6 Å². The van der Waals surface area contributed by atoms with Gasteiger partial charge in [0.05, 0.1) is 19.3 Å². The van der Waals surface area contributed by atoms with Crippen molar-refractivity contribution >= 4 is 29.2 Å². The largest absolute Gasteiger partial charge is 0.495 e. The third-order valence-corrected chi connectivity index (χ3v) is 4.37. The molecule has 7 heteroatoms. The summed E-state index contributed by atoms with van der Waals surface area (Å²) in [6, 6.07) is 16.1. The lowest BCUT2D eigenvalue weighted by atomic mass is 10.2. The lowest BCUT2D eigenvalue weighted by molar-refractivity contribution is 0.0977. The highest BCUT2D eigenvalue weighted by molar-refractivity contribution is 6.30. The minimum absolute atomic E-state index is 0.297. The summed E-state index contributed by atoms with van der Waals surface area (Å²) in [6.07, 6.45) is 3.40. The van der Waals surface area contributed by atoms with E-state index >= 15 is 0 Å². The number of carbonyl (C=O) groups excluding carboxylic acids is 1. The van der Waals surface area contributed by atoms with Crippen LogP contribution in [0.5, 0.6) is 5.75 Å². The van der Waals surface area contributed by atoms with Crippen molar-refractivity contribution in [3.8, 4) is 5.75 Å². The average Bonchev–Trinajstić information content (AvgIpc) is 2.73. The molecule has 6 nitrogen and oxygen atoms in total. The van der Waals surface area contributed by atoms with E-state index in [-0.39, 0.29) is 5.91 Å². The Kier molecular flexibility index (Phi) is 6.81. The van der Waals surface area contributed by atoms with Crippen molar-refractivity contribution in [2.75, 3.05) is 12.4 Å². The van der Waals surface area contributed by atoms with Crippen molar-refractivity contribution in [1.29, 1.82) is 0 Å². The van der Waals surface area contributed by atoms with E-state index in [1.54, 1.807) is 43.8 Å². The van der Waals surface area contributed by atoms with Crippen molar-refractivity contribution in [3.63, 3.8) is 0 Å². The molecule has 148 valence electrons. The van der Waals surface area contributed by atoms with Gasteiger partial charge in [-0.1, -0.05) is 17.7 Å². The first-order valence-corrected chi connectivity index (χ1v) is 9.35. The molecule has 0 fully saturated rings. The zero-order valence-electron chi connectivity index (χ0n) is 16.1. The number of rotatable bonds is 5. The molecule has 0 saturated carbocycles. The number of hydrogen-bond acceptors (Lipinski definition) is 4. The van der Waals surface area contributed by atoms with Crippen LogP contribution in [0.1, 0.15) is 21.5 Å². The number of aryl methyl sites for hydroxylation is 1. The summed E-state index contributed by atoms with van der Waals surface area (Å²) in [4.78, 5) is 21.2. The first-order chi connectivity index (χ1) is 14.0. The molecular weight excluding hydrogens is 388 g/mol. The maximum Gasteiger partial charge on any atom is 0.257 e. The molecule has 1 aromatic heterocycles. The summed E-state index contributed by atoms with van der Waals surface area (Å²) < 4.78 is 5.41. The molecule has 0 bridgehead atoms. The summed E-state index contributed by atoms with van der Waals surface area (Å²) in [5.41, 5.74) is 3.20. The van der Waals surface area contributed by atoms with Crippen molar-refractivity contribution < 1.29 is 9.53 Å². The van der Waals surface area contributed by atoms with Crippen LogP contribution in [0.25, 0.3) is 0 Å². The Bertz CT molecular complexity index is 1010. The van der Waals surface area contributed by atoms with Gasteiger partial charge < -0.3 is 10.1 Å². The van der Waals surface area contributed by atoms with Crippen LogP contribution >= 0.6 is 11.6 Å². The number of ether oxygens (including phenoxy) is 1. The predicted molar refractivity (Wildman–Crippen MR) is 116 cm³/mol. The van der Waals surface area contributed by atoms with E-state index in [1.807, 2.05) is 37.3 Å². The van der Waals surface area contributed by atoms with Crippen LogP contribution < -0.4 is 15.4 Å². The molecule has 1 amide bonds. The molecule has 29 heavy (non-hydrogen) atoms. The third-order valence-electron chi connectivity index (χ3n) is 4.12. The highest BCUT2D eigenvalue weighted by Gasteiger charge is 2.12. The monoisotopic (exact) mass is 408 g/mol. The van der Waals surface area contributed by atoms with E-state index in [1.165, 1.54) is 0 Å². The normalized spacial score (nSPS) is 11.1. The fraction of sp³-hybridized carbons (Fsp3) is 0.136. The van der Waals surface area contributed by atoms with Gasteiger partial charge in [-0.25, -0.2) is 4.99 Å². The first-order valence-electron chi connectivity index (χ1n) is 8.97. The molecule has 2 N–H and O–H groups in total. The Morgan fingerprint density at radius 1 is 1.10 bits per heavy atom. The standard InChI is InChI=1S/C22H21ClN4O2/c1-15-3-8-20(29-2)19(13-15)26-22(25-14-16-9-11-24-12-10-16)27-21(28)17-4-6-18(23)7-5-17/h3-13H,14H2,1-2H3,(H2,25,26,27,28). The quantitative estimate of drug-likeness (QED) is 0.483. The second-order valence-corrected chi connectivity index (χ2v) is 6.75. The molecule has 3 aromatic rings. The highest BCUT2D eigenvalue weighted by Crippen LogP contribution is 2.25. The molecule has 0 unspecified atom stereocenters. The van der Waals surface area contributed by atoms with Gasteiger partial charge in [-0.15, -0.1) is 0 Å². The summed E-state index contributed by atoms with van der Waals surface area (Å²) in [5.74, 6) is 0.660. The predicted octanol–water partition coefficient (Wildman–Crippen LogP) is 4.45. The SMILES string of the molecule is COc1ccc(C)cc1NC(=NCc1ccncc1)NC(=O)c1ccc(Cl)cc1. The number of methoxy groups -OCH3 is 1. The fourth-order valence-corrected chi connectivity index (χ4v) is 2.72. The van der Waals surface area contributed by atoms with Gasteiger partial charge in [0.1, 0.15) is 5.75 Å². The lowest BCUT2D eigenvalue weighted by Crippen LogP contribution is -2.36. The molecule has 0 aliphatic rings. The van der Waals surface area contributed by atoms with E-state index in [0.717, 1.165) is 11.1 Å². The Morgan fingerprint density at radius 3 is 2.52 bits per heavy atom. The van der Waals surface area contributed by atoms with Crippen LogP contribution in [0.3, 0.4) is 0 Å². The number of aliphatic imine (C=N–C) groups is 1. The van der Waals surface area contributed by atoms with Gasteiger partial charge in [0.25, 0.3) is 5.91 Å². The zero-order valence-corrected chi connectivity index (χ0v) is 16.9. The number of pyridine rings is 1. The van der Waals surface area contributed by atoms with Crippen molar-refractivity contribution in [2.45, 2.75) is 13.5 Å². The number of nitrogens with zero attached hydrogens (tertiary/aromatic N) is 2. The minimum Gasteiger partial charge on any atom is -0.495 e. The van der Waals surface area contributed by atoms with Gasteiger partial charge in [0.2, 0.25) is 5.96 Å². The highest BCUT2D eigenvalue weighted by atomic mass is 35.5. The average molecular weight is 409 g/mol. The number of carbonyl (C=O) groups is 1. The molecule has 0 radical (unpaired) electrons. The maximum atomic E-state index is 12.7. The zero-order chi connectivity index (χ0) is 20.6. The van der Waals surface area contributed by atoms with Gasteiger partial charge in [-0.3, -0.25) is 15.1 Å². The van der Waals surface area contributed by atoms with Crippen LogP contribution in [0.15, 0.2) is 72.0 Å². The number of anilines is 1. The number of amides is 1. The number of guanidine groups is 1. The second kappa shape index (κ2) is 9.71. The van der Waals surface area contributed by atoms with Gasteiger partial charge in [-0.2, -0.15) is 0 Å². The summed E-state index contributed by atoms with van der Waals surface area (Å²) in [5, 5.41) is 6.57. The van der Waals surface area contributed by atoms with Gasteiger partial charge in [0, 0.05) is 23.0 Å². The Morgan fingerprint density at radius 2 is 1.83 bits per heavy atom. The number of benzene rings is 2. The van der Waals surface area contributed by atoms with Crippen LogP contribution in [-0.2, 0) is 6.54 Å². The van der Waals surface area contributed by atoms with Gasteiger partial charge in [-0.05, 0) is 66.6 Å². The van der Waals surface area contributed by atoms with E-state index in [4.69, 9.17) is 16.3 Å². The molecule has 0 atom stereocenters. The second-order valence-electron chi connectivity index (χ2n) is 6.31. The molecule has 0 aliphatic heterocycles. The molecule has 2 aromatic carbocycles. The maximum absolute atomic E-state index is 12.7. The van der Waals surface area contributed by atoms with Crippen LogP contribution in [0, 0.1) is 6.92 Å². The topological polar surface area (TPSA) is 75.6 Å². The number of hydrogen-bond donors (Lipinski definition) is 2. The number of halogens is 1. The van der Waals surface area contributed by atoms with Crippen molar-refractivity contribution in [1.82, 2.24) is 10.3 Å². The van der Waals surface area contributed by atoms with Crippen LogP contribution in [0.2, 0.25) is 5.02 Å². The number of aromatic nitrogens is 1. The fourth-order valence-electron chi connectivity index (χ4n) is 2.60. The van der Waals surface area contributed by atoms with Gasteiger partial charge >= 0.3 is 0 Å². The summed E-state index contributed by atoms with van der Waals surface area (Å²) in [7, 11) is 1.59. The van der Waals surface area contributed by atoms with E-state index in [9.17, 15) is 4.79 Å². The molecule has 0 saturated heterocycles. The molecule has 0 aliphatic carbocycles. The van der Waals surface area contributed by atoms with Crippen molar-refractivity contribution in [2.24, 2.45) is 4.99 Å². The first kappa shape index (κ1) is 20.4. The Hall–Kier alpha value is -3.38. The minimum atomic E-state index is -0.297. The van der Waals surface area contributed by atoms with E-state index in [0.29, 0.717) is 34.5 Å². The Balaban J connectivity index is 1.86. The smallest absolute Gasteiger partial charge is 0.257 e. The summed E-state index contributed by atoms with van der Waals surface area (Å²) >= 11 is 5.91. The number of nitrogens with one attached hydrogen (secondary N) is 2. The van der Waals surface area contributed by atoms with Crippen LogP contribution in [0.4, 0.5) is 5.69 Å². The third kappa shape index (κ3) is 5.80.